The first kappa shape index (κ1) is 18.8. The monoisotopic (exact) mass is 363 g/mol. The van der Waals surface area contributed by atoms with Crippen molar-refractivity contribution in [3.63, 3.8) is 0 Å². The molecule has 0 fully saturated rings. The summed E-state index contributed by atoms with van der Waals surface area (Å²) >= 11 is 0. The predicted octanol–water partition coefficient (Wildman–Crippen LogP) is 5.14. The van der Waals surface area contributed by atoms with Crippen LogP contribution in [0.25, 0.3) is 21.9 Å². The SMILES string of the molecule is CC(C)COc1c(N)cc(CCC(=O)O)cc1-c1ccc2ccccc2c1. The summed E-state index contributed by atoms with van der Waals surface area (Å²) in [6.07, 6.45) is 0.507. The molecule has 3 aromatic carbocycles. The van der Waals surface area contributed by atoms with E-state index >= 15 is 0 Å². The Bertz CT molecular complexity index is 963. The Kier molecular flexibility index (Phi) is 5.65. The lowest BCUT2D eigenvalue weighted by Gasteiger charge is -2.18. The summed E-state index contributed by atoms with van der Waals surface area (Å²) in [4.78, 5) is 10.9. The van der Waals surface area contributed by atoms with Gasteiger partial charge in [0, 0.05) is 12.0 Å². The fourth-order valence-electron chi connectivity index (χ4n) is 3.09. The van der Waals surface area contributed by atoms with E-state index in [1.54, 1.807) is 0 Å². The number of anilines is 1. The summed E-state index contributed by atoms with van der Waals surface area (Å²) in [5.41, 5.74) is 9.65. The third kappa shape index (κ3) is 4.59. The molecule has 3 rings (SSSR count). The van der Waals surface area contributed by atoms with Gasteiger partial charge in [0.05, 0.1) is 12.3 Å². The van der Waals surface area contributed by atoms with Crippen LogP contribution in [-0.2, 0) is 11.2 Å². The molecule has 0 atom stereocenters. The van der Waals surface area contributed by atoms with Gasteiger partial charge in [0.25, 0.3) is 0 Å². The second kappa shape index (κ2) is 8.12. The number of fused-ring (bicyclic) bond motifs is 1. The number of carboxylic acids is 1. The maximum absolute atomic E-state index is 10.9. The lowest BCUT2D eigenvalue weighted by atomic mass is 9.96. The van der Waals surface area contributed by atoms with E-state index in [-0.39, 0.29) is 6.42 Å². The number of aryl methyl sites for hydroxylation is 1. The zero-order valence-corrected chi connectivity index (χ0v) is 15.7. The fraction of sp³-hybridized carbons (Fsp3) is 0.261. The summed E-state index contributed by atoms with van der Waals surface area (Å²) in [6, 6.07) is 18.3. The average molecular weight is 363 g/mol. The third-order valence-electron chi connectivity index (χ3n) is 4.43. The molecule has 0 radical (unpaired) electrons. The standard InChI is InChI=1S/C23H25NO3/c1-15(2)14-27-23-20(11-16(12-21(23)24)7-10-22(25)26)19-9-8-17-5-3-4-6-18(17)13-19/h3-6,8-9,11-13,15H,7,10,14,24H2,1-2H3,(H,25,26). The van der Waals surface area contributed by atoms with Crippen molar-refractivity contribution in [2.24, 2.45) is 5.92 Å². The van der Waals surface area contributed by atoms with Crippen LogP contribution in [0.2, 0.25) is 0 Å². The van der Waals surface area contributed by atoms with E-state index < -0.39 is 5.97 Å². The number of nitrogen functional groups attached to an aromatic ring is 1. The van der Waals surface area contributed by atoms with Gasteiger partial charge in [0.15, 0.2) is 0 Å². The highest BCUT2D eigenvalue weighted by Crippen LogP contribution is 2.38. The summed E-state index contributed by atoms with van der Waals surface area (Å²) in [7, 11) is 0. The second-order valence-corrected chi connectivity index (χ2v) is 7.22. The molecule has 0 spiro atoms. The molecule has 3 N–H and O–H groups in total. The molecule has 140 valence electrons. The van der Waals surface area contributed by atoms with Gasteiger partial charge in [-0.1, -0.05) is 50.2 Å². The number of carboxylic acid groups (broad SMARTS) is 1. The quantitative estimate of drug-likeness (QED) is 0.570. The fourth-order valence-corrected chi connectivity index (χ4v) is 3.09. The van der Waals surface area contributed by atoms with Crippen molar-refractivity contribution in [3.8, 4) is 16.9 Å². The third-order valence-corrected chi connectivity index (χ3v) is 4.43. The van der Waals surface area contributed by atoms with E-state index in [1.165, 1.54) is 5.39 Å². The number of aliphatic carboxylic acids is 1. The van der Waals surface area contributed by atoms with Crippen LogP contribution in [0.1, 0.15) is 25.8 Å². The highest BCUT2D eigenvalue weighted by atomic mass is 16.5. The molecule has 0 saturated carbocycles. The van der Waals surface area contributed by atoms with E-state index in [2.05, 4.69) is 44.2 Å². The number of ether oxygens (including phenoxy) is 1. The molecular formula is C23H25NO3. The minimum Gasteiger partial charge on any atom is -0.491 e. The normalized spacial score (nSPS) is 11.1. The summed E-state index contributed by atoms with van der Waals surface area (Å²) in [5, 5.41) is 11.3. The van der Waals surface area contributed by atoms with Gasteiger partial charge in [-0.3, -0.25) is 4.79 Å². The van der Waals surface area contributed by atoms with Gasteiger partial charge < -0.3 is 15.6 Å². The Morgan fingerprint density at radius 2 is 1.81 bits per heavy atom. The van der Waals surface area contributed by atoms with Crippen molar-refractivity contribution < 1.29 is 14.6 Å². The molecular weight excluding hydrogens is 338 g/mol. The summed E-state index contributed by atoms with van der Waals surface area (Å²) in [5.74, 6) is 0.222. The molecule has 3 aromatic rings. The molecule has 0 amide bonds. The van der Waals surface area contributed by atoms with Gasteiger partial charge in [-0.05, 0) is 52.4 Å². The molecule has 0 aliphatic heterocycles. The van der Waals surface area contributed by atoms with Gasteiger partial charge in [-0.2, -0.15) is 0 Å². The maximum Gasteiger partial charge on any atom is 0.303 e. The van der Waals surface area contributed by atoms with E-state index in [9.17, 15) is 4.79 Å². The minimum atomic E-state index is -0.819. The molecule has 4 nitrogen and oxygen atoms in total. The number of hydrogen-bond donors (Lipinski definition) is 2. The molecule has 0 aromatic heterocycles. The Labute approximate surface area is 159 Å². The highest BCUT2D eigenvalue weighted by Gasteiger charge is 2.14. The highest BCUT2D eigenvalue weighted by molar-refractivity contribution is 5.89. The molecule has 0 bridgehead atoms. The zero-order chi connectivity index (χ0) is 19.4. The summed E-state index contributed by atoms with van der Waals surface area (Å²) in [6.45, 7) is 4.75. The molecule has 0 saturated heterocycles. The molecule has 4 heteroatoms. The molecule has 0 unspecified atom stereocenters. The van der Waals surface area contributed by atoms with Crippen molar-refractivity contribution in [3.05, 3.63) is 60.2 Å². The topological polar surface area (TPSA) is 72.5 Å². The van der Waals surface area contributed by atoms with Gasteiger partial charge in [-0.15, -0.1) is 0 Å². The van der Waals surface area contributed by atoms with Crippen molar-refractivity contribution in [1.29, 1.82) is 0 Å². The summed E-state index contributed by atoms with van der Waals surface area (Å²) < 4.78 is 6.04. The van der Waals surface area contributed by atoms with Crippen molar-refractivity contribution in [2.45, 2.75) is 26.7 Å². The Morgan fingerprint density at radius 3 is 2.52 bits per heavy atom. The number of hydrogen-bond acceptors (Lipinski definition) is 3. The van der Waals surface area contributed by atoms with E-state index in [1.807, 2.05) is 24.3 Å². The van der Waals surface area contributed by atoms with E-state index in [0.29, 0.717) is 30.4 Å². The van der Waals surface area contributed by atoms with Crippen molar-refractivity contribution in [1.82, 2.24) is 0 Å². The molecule has 0 aliphatic carbocycles. The van der Waals surface area contributed by atoms with Crippen molar-refractivity contribution >= 4 is 22.4 Å². The van der Waals surface area contributed by atoms with Crippen LogP contribution in [0, 0.1) is 5.92 Å². The lowest BCUT2D eigenvalue weighted by molar-refractivity contribution is -0.136. The number of carbonyl (C=O) groups is 1. The molecule has 0 aliphatic rings. The predicted molar refractivity (Wildman–Crippen MR) is 110 cm³/mol. The molecule has 0 heterocycles. The minimum absolute atomic E-state index is 0.0722. The van der Waals surface area contributed by atoms with Gasteiger partial charge in [0.1, 0.15) is 5.75 Å². The number of benzene rings is 3. The largest absolute Gasteiger partial charge is 0.491 e. The van der Waals surface area contributed by atoms with Crippen LogP contribution in [0.4, 0.5) is 5.69 Å². The Morgan fingerprint density at radius 1 is 1.07 bits per heavy atom. The Balaban J connectivity index is 2.08. The smallest absolute Gasteiger partial charge is 0.303 e. The van der Waals surface area contributed by atoms with E-state index in [0.717, 1.165) is 22.1 Å². The van der Waals surface area contributed by atoms with Crippen LogP contribution in [0.3, 0.4) is 0 Å². The van der Waals surface area contributed by atoms with Crippen LogP contribution in [-0.4, -0.2) is 17.7 Å². The Hall–Kier alpha value is -3.01. The van der Waals surface area contributed by atoms with Gasteiger partial charge in [-0.25, -0.2) is 0 Å². The van der Waals surface area contributed by atoms with Crippen molar-refractivity contribution in [2.75, 3.05) is 12.3 Å². The van der Waals surface area contributed by atoms with Crippen LogP contribution in [0.5, 0.6) is 5.75 Å². The second-order valence-electron chi connectivity index (χ2n) is 7.22. The molecule has 27 heavy (non-hydrogen) atoms. The number of nitrogens with two attached hydrogens (primary N) is 1. The van der Waals surface area contributed by atoms with Gasteiger partial charge >= 0.3 is 5.97 Å². The van der Waals surface area contributed by atoms with Crippen LogP contribution >= 0.6 is 0 Å². The first-order valence-electron chi connectivity index (χ1n) is 9.20. The van der Waals surface area contributed by atoms with Crippen LogP contribution in [0.15, 0.2) is 54.6 Å². The zero-order valence-electron chi connectivity index (χ0n) is 15.7. The maximum atomic E-state index is 10.9. The van der Waals surface area contributed by atoms with Gasteiger partial charge in [0.2, 0.25) is 0 Å². The van der Waals surface area contributed by atoms with Crippen LogP contribution < -0.4 is 10.5 Å². The van der Waals surface area contributed by atoms with E-state index in [4.69, 9.17) is 15.6 Å². The average Bonchev–Trinajstić information content (AvgIpc) is 2.64. The first-order chi connectivity index (χ1) is 12.9. The lowest BCUT2D eigenvalue weighted by Crippen LogP contribution is -2.08. The number of rotatable bonds is 7. The first-order valence-corrected chi connectivity index (χ1v) is 9.20.